The van der Waals surface area contributed by atoms with Gasteiger partial charge in [-0.1, -0.05) is 0 Å². The lowest BCUT2D eigenvalue weighted by molar-refractivity contribution is -0.125. The smallest absolute Gasteiger partial charge is 0.226 e. The molecule has 0 aromatic carbocycles. The van der Waals surface area contributed by atoms with Gasteiger partial charge in [-0.3, -0.25) is 4.79 Å². The fourth-order valence-corrected chi connectivity index (χ4v) is 4.63. The van der Waals surface area contributed by atoms with Crippen LogP contribution >= 0.6 is 0 Å². The number of carbonyl (C=O) groups is 1. The van der Waals surface area contributed by atoms with Crippen LogP contribution in [0.25, 0.3) is 5.65 Å². The quantitative estimate of drug-likeness (QED) is 0.687. The van der Waals surface area contributed by atoms with Gasteiger partial charge in [0.25, 0.3) is 0 Å². The van der Waals surface area contributed by atoms with Gasteiger partial charge in [0.1, 0.15) is 5.82 Å². The monoisotopic (exact) mass is 383 g/mol. The van der Waals surface area contributed by atoms with Crippen LogP contribution in [0, 0.1) is 11.8 Å². The Bertz CT molecular complexity index is 852. The zero-order valence-corrected chi connectivity index (χ0v) is 16.3. The molecule has 0 radical (unpaired) electrons. The van der Waals surface area contributed by atoms with Crippen molar-refractivity contribution < 1.29 is 4.79 Å². The van der Waals surface area contributed by atoms with Crippen LogP contribution in [0.4, 0.5) is 5.82 Å². The van der Waals surface area contributed by atoms with Gasteiger partial charge in [0.2, 0.25) is 5.91 Å². The van der Waals surface area contributed by atoms with Crippen molar-refractivity contribution in [2.75, 3.05) is 50.7 Å². The third-order valence-corrected chi connectivity index (χ3v) is 6.36. The van der Waals surface area contributed by atoms with Crippen LogP contribution in [-0.4, -0.2) is 66.3 Å². The number of fused-ring (bicyclic) bond motifs is 2. The van der Waals surface area contributed by atoms with Gasteiger partial charge in [-0.05, 0) is 44.8 Å². The zero-order chi connectivity index (χ0) is 18.9. The molecular formula is C20H29N7O. The van der Waals surface area contributed by atoms with Crippen molar-refractivity contribution in [3.63, 3.8) is 0 Å². The van der Waals surface area contributed by atoms with Crippen molar-refractivity contribution in [3.8, 4) is 0 Å². The lowest BCUT2D eigenvalue weighted by atomic mass is 9.95. The van der Waals surface area contributed by atoms with Crippen molar-refractivity contribution in [3.05, 3.63) is 23.5 Å². The largest absolute Gasteiger partial charge is 0.355 e. The second-order valence-corrected chi connectivity index (χ2v) is 8.25. The molecular weight excluding hydrogens is 354 g/mol. The van der Waals surface area contributed by atoms with Crippen molar-refractivity contribution in [1.82, 2.24) is 30.5 Å². The Labute approximate surface area is 165 Å². The molecule has 8 nitrogen and oxygen atoms in total. The van der Waals surface area contributed by atoms with Crippen LogP contribution in [-0.2, 0) is 17.6 Å². The minimum Gasteiger partial charge on any atom is -0.355 e. The number of amides is 1. The maximum Gasteiger partial charge on any atom is 0.226 e. The summed E-state index contributed by atoms with van der Waals surface area (Å²) in [6.07, 6.45) is 6.03. The number of aromatic nitrogens is 3. The number of nitrogens with one attached hydrogen (secondary N) is 3. The minimum absolute atomic E-state index is 0.0695. The molecule has 2 aromatic heterocycles. The number of hydrogen-bond acceptors (Lipinski definition) is 6. The molecule has 0 aliphatic carbocycles. The first kappa shape index (κ1) is 17.9. The minimum atomic E-state index is 0.0695. The molecule has 3 N–H and O–H groups in total. The van der Waals surface area contributed by atoms with E-state index in [9.17, 15) is 4.79 Å². The normalized spacial score (nSPS) is 21.2. The lowest BCUT2D eigenvalue weighted by Crippen LogP contribution is -2.55. The molecule has 0 spiro atoms. The van der Waals surface area contributed by atoms with E-state index in [4.69, 9.17) is 4.98 Å². The zero-order valence-electron chi connectivity index (χ0n) is 16.3. The van der Waals surface area contributed by atoms with Crippen molar-refractivity contribution >= 4 is 17.4 Å². The van der Waals surface area contributed by atoms with E-state index in [1.165, 1.54) is 11.3 Å². The average molecular weight is 384 g/mol. The molecule has 3 aliphatic heterocycles. The predicted octanol–water partition coefficient (Wildman–Crippen LogP) is -0.0305. The Morgan fingerprint density at radius 1 is 1.14 bits per heavy atom. The van der Waals surface area contributed by atoms with E-state index in [1.54, 1.807) is 0 Å². The van der Waals surface area contributed by atoms with E-state index in [1.807, 2.05) is 16.8 Å². The first-order valence-electron chi connectivity index (χ1n) is 10.6. The molecule has 8 heteroatoms. The molecule has 28 heavy (non-hydrogen) atoms. The van der Waals surface area contributed by atoms with Crippen molar-refractivity contribution in [1.29, 1.82) is 0 Å². The third-order valence-electron chi connectivity index (χ3n) is 6.36. The summed E-state index contributed by atoms with van der Waals surface area (Å²) in [5.41, 5.74) is 3.36. The van der Waals surface area contributed by atoms with E-state index in [0.29, 0.717) is 5.92 Å². The van der Waals surface area contributed by atoms with Crippen LogP contribution in [0.2, 0.25) is 0 Å². The highest BCUT2D eigenvalue weighted by atomic mass is 16.2. The number of hydrogen-bond donors (Lipinski definition) is 3. The summed E-state index contributed by atoms with van der Waals surface area (Å²) >= 11 is 0. The maximum absolute atomic E-state index is 12.6. The Morgan fingerprint density at radius 3 is 2.79 bits per heavy atom. The molecule has 150 valence electrons. The lowest BCUT2D eigenvalue weighted by Gasteiger charge is -2.41. The Kier molecular flexibility index (Phi) is 4.90. The fourth-order valence-electron chi connectivity index (χ4n) is 4.63. The molecule has 5 rings (SSSR count). The number of carbonyl (C=O) groups excluding carboxylic acids is 1. The number of nitrogens with zero attached hydrogens (tertiary/aromatic N) is 4. The molecule has 0 bridgehead atoms. The Morgan fingerprint density at radius 2 is 1.93 bits per heavy atom. The van der Waals surface area contributed by atoms with Gasteiger partial charge in [-0.2, -0.15) is 9.61 Å². The van der Waals surface area contributed by atoms with Crippen LogP contribution in [0.5, 0.6) is 0 Å². The van der Waals surface area contributed by atoms with Gasteiger partial charge in [0.15, 0.2) is 5.65 Å². The molecule has 0 unspecified atom stereocenters. The summed E-state index contributed by atoms with van der Waals surface area (Å²) in [4.78, 5) is 19.7. The van der Waals surface area contributed by atoms with Crippen LogP contribution < -0.4 is 20.9 Å². The van der Waals surface area contributed by atoms with Crippen LogP contribution in [0.3, 0.4) is 0 Å². The highest BCUT2D eigenvalue weighted by Crippen LogP contribution is 2.31. The van der Waals surface area contributed by atoms with Gasteiger partial charge in [-0.25, -0.2) is 4.98 Å². The average Bonchev–Trinajstić information content (AvgIpc) is 3.02. The van der Waals surface area contributed by atoms with Gasteiger partial charge >= 0.3 is 0 Å². The Hall–Kier alpha value is -2.19. The summed E-state index contributed by atoms with van der Waals surface area (Å²) in [6.45, 7) is 6.40. The molecule has 0 saturated carbocycles. The molecule has 5 heterocycles. The van der Waals surface area contributed by atoms with E-state index >= 15 is 0 Å². The SMILES string of the molecule is O=C(NCC1CCNCC1)C1CN(c2c3c(nc4ccnn24)CCNCC3)C1. The summed E-state index contributed by atoms with van der Waals surface area (Å²) in [7, 11) is 0. The molecule has 0 atom stereocenters. The molecule has 2 saturated heterocycles. The standard InChI is InChI=1S/C20H29N7O/c28-19(23-11-14-1-6-21-7-2-14)15-12-26(13-15)20-16-3-8-22-9-4-17(16)25-18-5-10-24-27(18)20/h5,10,14-15,21-22H,1-4,6-9,11-13H2,(H,23,28). The molecule has 1 amide bonds. The fraction of sp³-hybridized carbons (Fsp3) is 0.650. The second kappa shape index (κ2) is 7.67. The highest BCUT2D eigenvalue weighted by Gasteiger charge is 2.36. The maximum atomic E-state index is 12.6. The summed E-state index contributed by atoms with van der Waals surface area (Å²) in [5, 5.41) is 14.5. The first-order valence-corrected chi connectivity index (χ1v) is 10.6. The Balaban J connectivity index is 1.28. The van der Waals surface area contributed by atoms with Gasteiger partial charge in [0, 0.05) is 44.2 Å². The number of anilines is 1. The van der Waals surface area contributed by atoms with Crippen molar-refractivity contribution in [2.45, 2.75) is 25.7 Å². The van der Waals surface area contributed by atoms with E-state index in [2.05, 4.69) is 25.9 Å². The van der Waals surface area contributed by atoms with Crippen LogP contribution in [0.1, 0.15) is 24.1 Å². The highest BCUT2D eigenvalue weighted by molar-refractivity contribution is 5.82. The second-order valence-electron chi connectivity index (χ2n) is 8.25. The topological polar surface area (TPSA) is 86.6 Å². The van der Waals surface area contributed by atoms with Gasteiger partial charge in [0.05, 0.1) is 17.8 Å². The van der Waals surface area contributed by atoms with Gasteiger partial charge < -0.3 is 20.9 Å². The van der Waals surface area contributed by atoms with Gasteiger partial charge in [-0.15, -0.1) is 0 Å². The first-order chi connectivity index (χ1) is 13.8. The molecule has 2 aromatic rings. The third kappa shape index (κ3) is 3.35. The van der Waals surface area contributed by atoms with E-state index < -0.39 is 0 Å². The number of piperidine rings is 1. The van der Waals surface area contributed by atoms with Crippen LogP contribution in [0.15, 0.2) is 12.3 Å². The van der Waals surface area contributed by atoms with E-state index in [-0.39, 0.29) is 11.8 Å². The molecule has 2 fully saturated rings. The summed E-state index contributed by atoms with van der Waals surface area (Å²) in [6, 6.07) is 1.96. The predicted molar refractivity (Wildman–Crippen MR) is 108 cm³/mol. The van der Waals surface area contributed by atoms with Crippen molar-refractivity contribution in [2.24, 2.45) is 11.8 Å². The molecule has 3 aliphatic rings. The summed E-state index contributed by atoms with van der Waals surface area (Å²) < 4.78 is 1.95. The van der Waals surface area contributed by atoms with E-state index in [0.717, 1.165) is 83.0 Å². The number of rotatable bonds is 4. The summed E-state index contributed by atoms with van der Waals surface area (Å²) in [5.74, 6) is 2.03.